The zero-order chi connectivity index (χ0) is 31.8. The summed E-state index contributed by atoms with van der Waals surface area (Å²) in [5.74, 6) is -0.454. The summed E-state index contributed by atoms with van der Waals surface area (Å²) in [6, 6.07) is 0. The van der Waals surface area contributed by atoms with E-state index in [1.807, 2.05) is 0 Å². The van der Waals surface area contributed by atoms with Crippen LogP contribution in [-0.4, -0.2) is 112 Å². The van der Waals surface area contributed by atoms with Gasteiger partial charge in [-0.1, -0.05) is 0 Å². The highest BCUT2D eigenvalue weighted by Crippen LogP contribution is 2.50. The molecule has 22 heteroatoms. The molecule has 3 aromatic heterocycles. The quantitative estimate of drug-likeness (QED) is 0.110. The molecule has 2 aliphatic heterocycles. The first-order chi connectivity index (χ1) is 21.0. The number of phosphoric acid groups is 1. The Bertz CT molecular complexity index is 1630. The zero-order valence-corrected chi connectivity index (χ0v) is 24.3. The lowest BCUT2D eigenvalue weighted by Crippen LogP contribution is -2.39. The van der Waals surface area contributed by atoms with Crippen LogP contribution in [0.15, 0.2) is 22.2 Å². The maximum absolute atomic E-state index is 13.2. The van der Waals surface area contributed by atoms with E-state index in [4.69, 9.17) is 39.5 Å². The van der Waals surface area contributed by atoms with E-state index in [0.717, 1.165) is 10.9 Å². The van der Waals surface area contributed by atoms with Gasteiger partial charge in [0.05, 0.1) is 19.5 Å². The van der Waals surface area contributed by atoms with Crippen LogP contribution in [0.3, 0.4) is 0 Å². The van der Waals surface area contributed by atoms with Crippen LogP contribution in [0.1, 0.15) is 26.3 Å². The largest absolute Gasteiger partial charge is 0.472 e. The van der Waals surface area contributed by atoms with Crippen LogP contribution >= 0.6 is 7.82 Å². The van der Waals surface area contributed by atoms with Gasteiger partial charge in [0.25, 0.3) is 5.56 Å². The highest BCUT2D eigenvalue weighted by atomic mass is 31.2. The van der Waals surface area contributed by atoms with Crippen LogP contribution in [0.5, 0.6) is 0 Å². The minimum atomic E-state index is -4.97. The van der Waals surface area contributed by atoms with Crippen LogP contribution in [-0.2, 0) is 32.6 Å². The number of imidazole rings is 1. The van der Waals surface area contributed by atoms with Crippen molar-refractivity contribution in [2.24, 2.45) is 0 Å². The van der Waals surface area contributed by atoms with Crippen molar-refractivity contribution in [3.8, 4) is 0 Å². The van der Waals surface area contributed by atoms with E-state index >= 15 is 0 Å². The number of anilines is 2. The van der Waals surface area contributed by atoms with Crippen LogP contribution in [0.4, 0.5) is 11.9 Å². The maximum Gasteiger partial charge on any atom is 0.472 e. The van der Waals surface area contributed by atoms with Crippen molar-refractivity contribution in [2.75, 3.05) is 37.9 Å². The number of aliphatic hydroxyl groups is 2. The minimum absolute atomic E-state index is 0.0399. The van der Waals surface area contributed by atoms with Crippen molar-refractivity contribution >= 4 is 30.9 Å². The minimum Gasteiger partial charge on any atom is -0.394 e. The summed E-state index contributed by atoms with van der Waals surface area (Å²) >= 11 is 0. The van der Waals surface area contributed by atoms with E-state index in [9.17, 15) is 29.3 Å². The number of aromatic nitrogens is 7. The van der Waals surface area contributed by atoms with Crippen molar-refractivity contribution in [1.29, 1.82) is 0 Å². The summed E-state index contributed by atoms with van der Waals surface area (Å²) < 4.78 is 49.0. The van der Waals surface area contributed by atoms with E-state index in [2.05, 4.69) is 24.9 Å². The van der Waals surface area contributed by atoms with E-state index in [1.165, 1.54) is 10.9 Å². The van der Waals surface area contributed by atoms with Crippen molar-refractivity contribution in [1.82, 2.24) is 34.1 Å². The van der Waals surface area contributed by atoms with Gasteiger partial charge in [-0.2, -0.15) is 9.97 Å². The molecule has 3 unspecified atom stereocenters. The third-order valence-corrected chi connectivity index (χ3v) is 7.88. The molecule has 5 heterocycles. The van der Waals surface area contributed by atoms with Gasteiger partial charge in [-0.05, 0) is 13.8 Å². The predicted octanol–water partition coefficient (Wildman–Crippen LogP) is -2.60. The normalized spacial score (nSPS) is 30.2. The summed E-state index contributed by atoms with van der Waals surface area (Å²) in [4.78, 5) is 53.1. The number of nitrogens with two attached hydrogens (primary N) is 2. The SMILES string of the molecule is CCOC1[C@@H](O)[C@@H](COP(=O)(O)O[C@@H]2C(OCC)[C@H](n3cnc4c(=O)[nH]c(N)nc43)O[C@@H]2CO)O[C@H]1n1cnc(N)nc1=O. The van der Waals surface area contributed by atoms with Crippen LogP contribution in [0.25, 0.3) is 11.2 Å². The number of rotatable bonds is 12. The highest BCUT2D eigenvalue weighted by Gasteiger charge is 2.51. The highest BCUT2D eigenvalue weighted by molar-refractivity contribution is 7.47. The number of aromatic amines is 1. The summed E-state index contributed by atoms with van der Waals surface area (Å²) in [5, 5.41) is 20.9. The lowest BCUT2D eigenvalue weighted by Gasteiger charge is -2.26. The molecule has 0 spiro atoms. The number of nitrogens with one attached hydrogen (secondary N) is 1. The van der Waals surface area contributed by atoms with Gasteiger partial charge < -0.3 is 45.5 Å². The lowest BCUT2D eigenvalue weighted by molar-refractivity contribution is -0.0745. The van der Waals surface area contributed by atoms with Gasteiger partial charge in [-0.15, -0.1) is 0 Å². The smallest absolute Gasteiger partial charge is 0.394 e. The second kappa shape index (κ2) is 12.9. The zero-order valence-electron chi connectivity index (χ0n) is 23.4. The Balaban J connectivity index is 1.33. The molecule has 2 saturated heterocycles. The number of hydrogen-bond acceptors (Lipinski definition) is 17. The summed E-state index contributed by atoms with van der Waals surface area (Å²) in [6.45, 7) is 2.20. The van der Waals surface area contributed by atoms with Gasteiger partial charge in [0.15, 0.2) is 23.6 Å². The van der Waals surface area contributed by atoms with Crippen molar-refractivity contribution in [3.63, 3.8) is 0 Å². The van der Waals surface area contributed by atoms with Gasteiger partial charge in [0.1, 0.15) is 43.0 Å². The van der Waals surface area contributed by atoms with Gasteiger partial charge in [-0.25, -0.2) is 19.3 Å². The Morgan fingerprint density at radius 1 is 1.00 bits per heavy atom. The van der Waals surface area contributed by atoms with Crippen LogP contribution in [0.2, 0.25) is 0 Å². The fourth-order valence-corrected chi connectivity index (χ4v) is 6.00. The fraction of sp³-hybridized carbons (Fsp3) is 0.636. The Morgan fingerprint density at radius 3 is 2.34 bits per heavy atom. The number of aliphatic hydroxyl groups excluding tert-OH is 2. The average molecular weight is 646 g/mol. The monoisotopic (exact) mass is 645 g/mol. The van der Waals surface area contributed by atoms with E-state index in [-0.39, 0.29) is 36.3 Å². The molecule has 0 saturated carbocycles. The maximum atomic E-state index is 13.2. The average Bonchev–Trinajstić information content (AvgIpc) is 3.62. The molecule has 2 aliphatic rings. The molecule has 0 amide bonds. The molecule has 2 fully saturated rings. The van der Waals surface area contributed by atoms with Crippen molar-refractivity contribution in [3.05, 3.63) is 33.5 Å². The number of ether oxygens (including phenoxy) is 4. The van der Waals surface area contributed by atoms with Crippen molar-refractivity contribution < 1.29 is 47.7 Å². The first-order valence-electron chi connectivity index (χ1n) is 13.4. The second-order valence-corrected chi connectivity index (χ2v) is 11.1. The predicted molar refractivity (Wildman–Crippen MR) is 146 cm³/mol. The summed E-state index contributed by atoms with van der Waals surface area (Å²) in [5.41, 5.74) is 9.70. The molecule has 3 aromatic rings. The van der Waals surface area contributed by atoms with Crippen LogP contribution < -0.4 is 22.7 Å². The van der Waals surface area contributed by atoms with E-state index < -0.39 is 81.4 Å². The fourth-order valence-electron chi connectivity index (χ4n) is 5.04. The molecular weight excluding hydrogens is 613 g/mol. The van der Waals surface area contributed by atoms with E-state index in [1.54, 1.807) is 13.8 Å². The van der Waals surface area contributed by atoms with Crippen LogP contribution in [0, 0.1) is 0 Å². The number of phosphoric ester groups is 1. The molecule has 44 heavy (non-hydrogen) atoms. The molecule has 8 N–H and O–H groups in total. The molecule has 21 nitrogen and oxygen atoms in total. The number of nitrogen functional groups attached to an aromatic ring is 2. The Labute approximate surface area is 247 Å². The van der Waals surface area contributed by atoms with Gasteiger partial charge in [0.2, 0.25) is 11.9 Å². The van der Waals surface area contributed by atoms with Gasteiger partial charge in [-0.3, -0.25) is 28.0 Å². The lowest BCUT2D eigenvalue weighted by atomic mass is 10.1. The Hall–Kier alpha value is -3.37. The Kier molecular flexibility index (Phi) is 9.41. The first-order valence-corrected chi connectivity index (χ1v) is 14.9. The molecule has 0 aliphatic carbocycles. The van der Waals surface area contributed by atoms with Gasteiger partial charge >= 0.3 is 13.5 Å². The topological polar surface area (TPSA) is 297 Å². The van der Waals surface area contributed by atoms with Crippen molar-refractivity contribution in [2.45, 2.75) is 62.9 Å². The molecule has 242 valence electrons. The molecule has 5 rings (SSSR count). The second-order valence-electron chi connectivity index (χ2n) is 9.66. The van der Waals surface area contributed by atoms with E-state index in [0.29, 0.717) is 0 Å². The number of H-pyrrole nitrogens is 1. The molecule has 0 radical (unpaired) electrons. The number of hydrogen-bond donors (Lipinski definition) is 6. The molecule has 9 atom stereocenters. The molecule has 0 aromatic carbocycles. The summed E-state index contributed by atoms with van der Waals surface area (Å²) in [7, 11) is -4.97. The third-order valence-electron chi connectivity index (χ3n) is 6.90. The third kappa shape index (κ3) is 6.24. The summed E-state index contributed by atoms with van der Waals surface area (Å²) in [6.07, 6.45) is -7.49. The molecule has 0 bridgehead atoms. The number of nitrogens with zero attached hydrogens (tertiary/aromatic N) is 6. The molecular formula is C22H32N9O12P. The van der Waals surface area contributed by atoms with Gasteiger partial charge in [0, 0.05) is 13.2 Å². The number of fused-ring (bicyclic) bond motifs is 1. The Morgan fingerprint density at radius 2 is 1.66 bits per heavy atom. The first kappa shape index (κ1) is 32.0. The standard InChI is InChI=1S/C22H32N9O12P/c1-3-38-14-12(33)10(42-18(14)31-8-26-20(23)29-22(31)35)6-40-44(36,37)43-13-9(5-32)41-19(15(13)39-4-2)30-7-25-11-16(30)27-21(24)28-17(11)34/h7-10,12-15,18-19,32-33H,3-6H2,1-2H3,(H,36,37)(H2,23,29,35)(H3,24,27,28,34)/t9-,10-,12+,13+,14?,15?,18-,19-/m1/s1.